The van der Waals surface area contributed by atoms with E-state index < -0.39 is 0 Å². The minimum atomic E-state index is -0.195. The van der Waals surface area contributed by atoms with Gasteiger partial charge < -0.3 is 4.52 Å². The third-order valence-corrected chi connectivity index (χ3v) is 5.54. The first-order valence-corrected chi connectivity index (χ1v) is 10.3. The smallest absolute Gasteiger partial charge is 0.266 e. The molecule has 0 saturated carbocycles. The summed E-state index contributed by atoms with van der Waals surface area (Å²) in [4.78, 5) is 22.6. The van der Waals surface area contributed by atoms with E-state index in [-0.39, 0.29) is 16.2 Å². The molecule has 2 heterocycles. The first-order valence-electron chi connectivity index (χ1n) is 9.42. The van der Waals surface area contributed by atoms with Gasteiger partial charge in [0.15, 0.2) is 11.0 Å². The number of thioether (sulfide) groups is 1. The molecule has 2 aromatic carbocycles. The highest BCUT2D eigenvalue weighted by atomic mass is 32.2. The van der Waals surface area contributed by atoms with E-state index in [9.17, 15) is 4.79 Å². The molecule has 1 atom stereocenters. The maximum absolute atomic E-state index is 13.3. The van der Waals surface area contributed by atoms with Crippen LogP contribution in [0.1, 0.15) is 44.7 Å². The predicted octanol–water partition coefficient (Wildman–Crippen LogP) is 4.92. The third kappa shape index (κ3) is 3.82. The Labute approximate surface area is 173 Å². The van der Waals surface area contributed by atoms with Gasteiger partial charge in [0.05, 0.1) is 21.8 Å². The highest BCUT2D eigenvalue weighted by Gasteiger charge is 2.25. The number of benzene rings is 2. The van der Waals surface area contributed by atoms with Gasteiger partial charge in [0.1, 0.15) is 0 Å². The molecule has 7 heteroatoms. The van der Waals surface area contributed by atoms with Crippen LogP contribution in [0.25, 0.3) is 16.6 Å². The molecule has 0 spiro atoms. The lowest BCUT2D eigenvalue weighted by Crippen LogP contribution is -2.22. The van der Waals surface area contributed by atoms with E-state index in [1.807, 2.05) is 76.2 Å². The van der Waals surface area contributed by atoms with Gasteiger partial charge in [0.2, 0.25) is 5.89 Å². The van der Waals surface area contributed by atoms with E-state index in [0.717, 1.165) is 5.69 Å². The standard InChI is InChI=1S/C22H22N4O2S/c1-14(18-24-20(25-28-18)22(2,3)4)29-21-23-17-13-9-8-12-16(17)19(27)26(21)15-10-6-5-7-11-15/h5-14H,1-4H3. The van der Waals surface area contributed by atoms with Crippen molar-refractivity contribution in [1.82, 2.24) is 19.7 Å². The minimum Gasteiger partial charge on any atom is -0.338 e. The number of aromatic nitrogens is 4. The van der Waals surface area contributed by atoms with Crippen molar-refractivity contribution in [3.05, 3.63) is 76.7 Å². The second-order valence-electron chi connectivity index (χ2n) is 7.85. The van der Waals surface area contributed by atoms with Crippen molar-refractivity contribution in [1.29, 1.82) is 0 Å². The highest BCUT2D eigenvalue weighted by Crippen LogP contribution is 2.35. The van der Waals surface area contributed by atoms with Crippen LogP contribution < -0.4 is 5.56 Å². The van der Waals surface area contributed by atoms with Crippen LogP contribution in [0.5, 0.6) is 0 Å². The normalized spacial score (nSPS) is 13.0. The zero-order valence-electron chi connectivity index (χ0n) is 16.8. The Balaban J connectivity index is 1.80. The van der Waals surface area contributed by atoms with Gasteiger partial charge in [-0.3, -0.25) is 9.36 Å². The molecular formula is C22H22N4O2S. The first-order chi connectivity index (χ1) is 13.8. The van der Waals surface area contributed by atoms with Gasteiger partial charge in [-0.05, 0) is 31.2 Å². The molecule has 148 valence electrons. The predicted molar refractivity (Wildman–Crippen MR) is 115 cm³/mol. The second kappa shape index (κ2) is 7.48. The van der Waals surface area contributed by atoms with Crippen molar-refractivity contribution >= 4 is 22.7 Å². The summed E-state index contributed by atoms with van der Waals surface area (Å²) in [5.74, 6) is 1.17. The third-order valence-electron chi connectivity index (χ3n) is 4.50. The van der Waals surface area contributed by atoms with E-state index >= 15 is 0 Å². The number of hydrogen-bond donors (Lipinski definition) is 0. The fourth-order valence-corrected chi connectivity index (χ4v) is 3.87. The fourth-order valence-electron chi connectivity index (χ4n) is 2.91. The zero-order valence-corrected chi connectivity index (χ0v) is 17.6. The van der Waals surface area contributed by atoms with Crippen LogP contribution in [0.3, 0.4) is 0 Å². The summed E-state index contributed by atoms with van der Waals surface area (Å²) < 4.78 is 7.13. The number of fused-ring (bicyclic) bond motifs is 1. The lowest BCUT2D eigenvalue weighted by atomic mass is 9.96. The van der Waals surface area contributed by atoms with Crippen LogP contribution in [0.2, 0.25) is 0 Å². The van der Waals surface area contributed by atoms with Crippen LogP contribution in [-0.2, 0) is 5.41 Å². The quantitative estimate of drug-likeness (QED) is 0.354. The van der Waals surface area contributed by atoms with Crippen molar-refractivity contribution < 1.29 is 4.52 Å². The molecule has 0 aliphatic rings. The molecule has 0 N–H and O–H groups in total. The average molecular weight is 407 g/mol. The molecule has 6 nitrogen and oxygen atoms in total. The largest absolute Gasteiger partial charge is 0.338 e. The Hall–Kier alpha value is -2.93. The molecular weight excluding hydrogens is 384 g/mol. The molecule has 0 radical (unpaired) electrons. The maximum Gasteiger partial charge on any atom is 0.266 e. The van der Waals surface area contributed by atoms with E-state index in [1.165, 1.54) is 11.8 Å². The van der Waals surface area contributed by atoms with Gasteiger partial charge in [-0.1, -0.05) is 68.0 Å². The van der Waals surface area contributed by atoms with E-state index in [2.05, 4.69) is 10.1 Å². The van der Waals surface area contributed by atoms with E-state index in [1.54, 1.807) is 10.6 Å². The molecule has 29 heavy (non-hydrogen) atoms. The van der Waals surface area contributed by atoms with Gasteiger partial charge in [0, 0.05) is 5.41 Å². The Morgan fingerprint density at radius 1 is 1.00 bits per heavy atom. The number of nitrogens with zero attached hydrogens (tertiary/aromatic N) is 4. The molecule has 4 aromatic rings. The lowest BCUT2D eigenvalue weighted by Gasteiger charge is -2.15. The Morgan fingerprint density at radius 3 is 2.38 bits per heavy atom. The zero-order chi connectivity index (χ0) is 20.6. The lowest BCUT2D eigenvalue weighted by molar-refractivity contribution is 0.364. The summed E-state index contributed by atoms with van der Waals surface area (Å²) in [6, 6.07) is 16.9. The SMILES string of the molecule is CC(Sc1nc2ccccc2c(=O)n1-c1ccccc1)c1nc(C(C)(C)C)no1. The second-order valence-corrected chi connectivity index (χ2v) is 9.16. The number of para-hydroxylation sites is 2. The molecule has 0 bridgehead atoms. The summed E-state index contributed by atoms with van der Waals surface area (Å²) in [6.45, 7) is 8.09. The number of hydrogen-bond acceptors (Lipinski definition) is 6. The highest BCUT2D eigenvalue weighted by molar-refractivity contribution is 7.99. The molecule has 1 unspecified atom stereocenters. The Morgan fingerprint density at radius 2 is 1.69 bits per heavy atom. The van der Waals surface area contributed by atoms with Crippen molar-refractivity contribution in [2.75, 3.05) is 0 Å². The molecule has 4 rings (SSSR count). The fraction of sp³-hybridized carbons (Fsp3) is 0.273. The summed E-state index contributed by atoms with van der Waals surface area (Å²) in [6.07, 6.45) is 0. The van der Waals surface area contributed by atoms with Crippen LogP contribution in [0.15, 0.2) is 69.1 Å². The summed E-state index contributed by atoms with van der Waals surface area (Å²) >= 11 is 1.43. The van der Waals surface area contributed by atoms with Crippen LogP contribution >= 0.6 is 11.8 Å². The summed E-state index contributed by atoms with van der Waals surface area (Å²) in [5.41, 5.74) is 1.14. The first kappa shape index (κ1) is 19.4. The molecule has 0 saturated heterocycles. The van der Waals surface area contributed by atoms with Gasteiger partial charge >= 0.3 is 0 Å². The van der Waals surface area contributed by atoms with Crippen molar-refractivity contribution in [2.24, 2.45) is 0 Å². The summed E-state index contributed by atoms with van der Waals surface area (Å²) in [7, 11) is 0. The van der Waals surface area contributed by atoms with Crippen LogP contribution in [0.4, 0.5) is 0 Å². The van der Waals surface area contributed by atoms with Gasteiger partial charge in [-0.2, -0.15) is 4.98 Å². The van der Waals surface area contributed by atoms with Crippen LogP contribution in [0, 0.1) is 0 Å². The Kier molecular flexibility index (Phi) is 5.00. The van der Waals surface area contributed by atoms with Gasteiger partial charge in [0.25, 0.3) is 5.56 Å². The monoisotopic (exact) mass is 406 g/mol. The Bertz CT molecular complexity index is 1210. The van der Waals surface area contributed by atoms with Gasteiger partial charge in [-0.25, -0.2) is 4.98 Å². The van der Waals surface area contributed by atoms with E-state index in [0.29, 0.717) is 27.8 Å². The topological polar surface area (TPSA) is 73.8 Å². The van der Waals surface area contributed by atoms with Crippen molar-refractivity contribution in [2.45, 2.75) is 43.5 Å². The molecule has 0 amide bonds. The van der Waals surface area contributed by atoms with Crippen molar-refractivity contribution in [3.8, 4) is 5.69 Å². The molecule has 0 aliphatic heterocycles. The van der Waals surface area contributed by atoms with E-state index in [4.69, 9.17) is 9.51 Å². The molecule has 2 aromatic heterocycles. The van der Waals surface area contributed by atoms with Crippen molar-refractivity contribution in [3.63, 3.8) is 0 Å². The maximum atomic E-state index is 13.3. The summed E-state index contributed by atoms with van der Waals surface area (Å²) in [5, 5.41) is 5.12. The van der Waals surface area contributed by atoms with Crippen LogP contribution in [-0.4, -0.2) is 19.7 Å². The molecule has 0 fully saturated rings. The minimum absolute atomic E-state index is 0.0996. The number of rotatable bonds is 4. The molecule has 0 aliphatic carbocycles. The average Bonchev–Trinajstić information content (AvgIpc) is 3.20. The van der Waals surface area contributed by atoms with Gasteiger partial charge in [-0.15, -0.1) is 0 Å².